The standard InChI is InChI=1S/C18H12Cl2O6S2/c19-15-7-9-17(27(21,22)23)13(11-15)5-3-1-2-4-6-14-12-16(20)8-10-18(14)28(24,25)26/h7-12H,5-6H2,(H,21,22,23)(H,24,25,26). The Bertz CT molecular complexity index is 1140. The van der Waals surface area contributed by atoms with Crippen molar-refractivity contribution in [3.05, 3.63) is 57.6 Å². The zero-order valence-corrected chi connectivity index (χ0v) is 17.1. The fourth-order valence-corrected chi connectivity index (χ4v) is 4.04. The van der Waals surface area contributed by atoms with Crippen molar-refractivity contribution in [2.75, 3.05) is 0 Å². The molecule has 0 unspecified atom stereocenters. The van der Waals surface area contributed by atoms with Crippen molar-refractivity contribution in [2.24, 2.45) is 0 Å². The first kappa shape index (κ1) is 22.3. The van der Waals surface area contributed by atoms with E-state index in [0.29, 0.717) is 0 Å². The van der Waals surface area contributed by atoms with Crippen LogP contribution in [0.2, 0.25) is 10.0 Å². The molecule has 0 aliphatic heterocycles. The van der Waals surface area contributed by atoms with Gasteiger partial charge in [0.2, 0.25) is 0 Å². The lowest BCUT2D eigenvalue weighted by Crippen LogP contribution is -2.02. The zero-order chi connectivity index (χ0) is 20.9. The monoisotopic (exact) mass is 458 g/mol. The van der Waals surface area contributed by atoms with E-state index in [2.05, 4.69) is 23.7 Å². The van der Waals surface area contributed by atoms with Crippen molar-refractivity contribution < 1.29 is 25.9 Å². The van der Waals surface area contributed by atoms with Crippen LogP contribution in [0.4, 0.5) is 0 Å². The van der Waals surface area contributed by atoms with Crippen LogP contribution in [0.3, 0.4) is 0 Å². The second-order valence-electron chi connectivity index (χ2n) is 5.41. The predicted octanol–water partition coefficient (Wildman–Crippen LogP) is 3.28. The van der Waals surface area contributed by atoms with E-state index in [4.69, 9.17) is 23.2 Å². The van der Waals surface area contributed by atoms with Gasteiger partial charge in [0.05, 0.1) is 9.79 Å². The first-order chi connectivity index (χ1) is 13.0. The van der Waals surface area contributed by atoms with Gasteiger partial charge in [0.25, 0.3) is 20.2 Å². The summed E-state index contributed by atoms with van der Waals surface area (Å²) in [5.74, 6) is 10.3. The predicted molar refractivity (Wildman–Crippen MR) is 105 cm³/mol. The van der Waals surface area contributed by atoms with Crippen LogP contribution >= 0.6 is 23.2 Å². The average molecular weight is 459 g/mol. The molecule has 2 aromatic rings. The first-order valence-corrected chi connectivity index (χ1v) is 11.1. The fraction of sp³-hybridized carbons (Fsp3) is 0.111. The highest BCUT2D eigenvalue weighted by Gasteiger charge is 2.15. The summed E-state index contributed by atoms with van der Waals surface area (Å²) < 4.78 is 63.8. The van der Waals surface area contributed by atoms with Crippen molar-refractivity contribution in [2.45, 2.75) is 22.6 Å². The summed E-state index contributed by atoms with van der Waals surface area (Å²) in [7, 11) is -8.82. The minimum atomic E-state index is -4.41. The van der Waals surface area contributed by atoms with Gasteiger partial charge in [-0.1, -0.05) is 35.0 Å². The molecule has 0 aliphatic carbocycles. The molecule has 10 heteroatoms. The second kappa shape index (κ2) is 8.97. The van der Waals surface area contributed by atoms with Crippen molar-refractivity contribution in [3.63, 3.8) is 0 Å². The average Bonchev–Trinajstić information content (AvgIpc) is 2.55. The van der Waals surface area contributed by atoms with Crippen molar-refractivity contribution in [3.8, 4) is 23.7 Å². The summed E-state index contributed by atoms with van der Waals surface area (Å²) >= 11 is 11.7. The highest BCUT2D eigenvalue weighted by Crippen LogP contribution is 2.21. The molecular formula is C18H12Cl2O6S2. The van der Waals surface area contributed by atoms with Crippen LogP contribution in [-0.2, 0) is 33.1 Å². The van der Waals surface area contributed by atoms with E-state index >= 15 is 0 Å². The van der Waals surface area contributed by atoms with Gasteiger partial charge in [-0.05, 0) is 59.4 Å². The minimum absolute atomic E-state index is 0.0300. The molecule has 2 N–H and O–H groups in total. The Labute approximate surface area is 173 Å². The molecule has 0 atom stereocenters. The number of hydrogen-bond acceptors (Lipinski definition) is 4. The van der Waals surface area contributed by atoms with Gasteiger partial charge in [0.1, 0.15) is 0 Å². The molecule has 0 saturated carbocycles. The van der Waals surface area contributed by atoms with Gasteiger partial charge in [-0.25, -0.2) is 0 Å². The van der Waals surface area contributed by atoms with Crippen LogP contribution in [-0.4, -0.2) is 25.9 Å². The Hall–Kier alpha value is -2.04. The van der Waals surface area contributed by atoms with Crippen LogP contribution < -0.4 is 0 Å². The van der Waals surface area contributed by atoms with Crippen LogP contribution in [0.5, 0.6) is 0 Å². The molecule has 28 heavy (non-hydrogen) atoms. The second-order valence-corrected chi connectivity index (χ2v) is 9.06. The first-order valence-electron chi connectivity index (χ1n) is 7.46. The molecule has 0 fully saturated rings. The van der Waals surface area contributed by atoms with E-state index in [1.807, 2.05) is 0 Å². The molecule has 0 heterocycles. The van der Waals surface area contributed by atoms with Crippen molar-refractivity contribution in [1.29, 1.82) is 0 Å². The van der Waals surface area contributed by atoms with Gasteiger partial charge >= 0.3 is 0 Å². The van der Waals surface area contributed by atoms with E-state index < -0.39 is 20.2 Å². The molecule has 0 spiro atoms. The smallest absolute Gasteiger partial charge is 0.282 e. The lowest BCUT2D eigenvalue weighted by molar-refractivity contribution is 0.480. The molecule has 2 aromatic carbocycles. The SMILES string of the molecule is O=S(=O)(O)c1ccc(Cl)cc1CC#CC#CCc1cc(Cl)ccc1S(=O)(=O)O. The molecule has 0 aliphatic rings. The zero-order valence-electron chi connectivity index (χ0n) is 14.0. The Kier molecular flexibility index (Phi) is 7.13. The molecule has 0 bridgehead atoms. The van der Waals surface area contributed by atoms with Gasteiger partial charge in [-0.3, -0.25) is 9.11 Å². The molecule has 0 saturated heterocycles. The van der Waals surface area contributed by atoms with Crippen LogP contribution in [0, 0.1) is 23.7 Å². The van der Waals surface area contributed by atoms with E-state index in [0.717, 1.165) is 0 Å². The van der Waals surface area contributed by atoms with Crippen molar-refractivity contribution in [1.82, 2.24) is 0 Å². The third-order valence-electron chi connectivity index (χ3n) is 3.40. The van der Waals surface area contributed by atoms with Gasteiger partial charge in [0.15, 0.2) is 0 Å². The molecule has 6 nitrogen and oxygen atoms in total. The quantitative estimate of drug-likeness (QED) is 0.537. The molecule has 0 radical (unpaired) electrons. The molecular weight excluding hydrogens is 447 g/mol. The summed E-state index contributed by atoms with van der Waals surface area (Å²) in [5.41, 5.74) is 0.431. The van der Waals surface area contributed by atoms with Gasteiger partial charge in [-0.15, -0.1) is 0 Å². The van der Waals surface area contributed by atoms with E-state index in [-0.39, 0.29) is 43.8 Å². The number of hydrogen-bond donors (Lipinski definition) is 2. The van der Waals surface area contributed by atoms with Crippen LogP contribution in [0.15, 0.2) is 46.2 Å². The fourth-order valence-electron chi connectivity index (χ4n) is 2.24. The Morgan fingerprint density at radius 2 is 1.07 bits per heavy atom. The number of rotatable bonds is 4. The molecule has 2 rings (SSSR count). The van der Waals surface area contributed by atoms with Gasteiger partial charge < -0.3 is 0 Å². The maximum Gasteiger partial charge on any atom is 0.294 e. The number of benzene rings is 2. The lowest BCUT2D eigenvalue weighted by atomic mass is 10.1. The number of halogens is 2. The third kappa shape index (κ3) is 6.25. The van der Waals surface area contributed by atoms with Crippen LogP contribution in [0.25, 0.3) is 0 Å². The van der Waals surface area contributed by atoms with Crippen molar-refractivity contribution >= 4 is 43.4 Å². The van der Waals surface area contributed by atoms with E-state index in [9.17, 15) is 25.9 Å². The minimum Gasteiger partial charge on any atom is -0.282 e. The molecule has 146 valence electrons. The summed E-state index contributed by atoms with van der Waals surface area (Å²) in [4.78, 5) is -0.591. The maximum absolute atomic E-state index is 11.4. The highest BCUT2D eigenvalue weighted by molar-refractivity contribution is 7.86. The summed E-state index contributed by atoms with van der Waals surface area (Å²) in [5, 5.41) is 0.572. The third-order valence-corrected chi connectivity index (χ3v) is 5.78. The van der Waals surface area contributed by atoms with Crippen LogP contribution in [0.1, 0.15) is 11.1 Å². The Morgan fingerprint density at radius 1 is 0.714 bits per heavy atom. The van der Waals surface area contributed by atoms with Gasteiger partial charge in [0, 0.05) is 22.9 Å². The normalized spacial score (nSPS) is 11.1. The highest BCUT2D eigenvalue weighted by atomic mass is 35.5. The summed E-state index contributed by atoms with van der Waals surface area (Å²) in [6.07, 6.45) is -0.0599. The molecule has 0 amide bonds. The van der Waals surface area contributed by atoms with E-state index in [1.54, 1.807) is 0 Å². The maximum atomic E-state index is 11.4. The molecule has 0 aromatic heterocycles. The summed E-state index contributed by atoms with van der Waals surface area (Å²) in [6.45, 7) is 0. The Morgan fingerprint density at radius 3 is 1.39 bits per heavy atom. The van der Waals surface area contributed by atoms with Gasteiger partial charge in [-0.2, -0.15) is 16.8 Å². The lowest BCUT2D eigenvalue weighted by Gasteiger charge is -2.04. The topological polar surface area (TPSA) is 109 Å². The summed E-state index contributed by atoms with van der Waals surface area (Å²) in [6, 6.07) is 7.76. The van der Waals surface area contributed by atoms with E-state index in [1.165, 1.54) is 36.4 Å². The largest absolute Gasteiger partial charge is 0.294 e. The Balaban J connectivity index is 2.19.